The molecule has 0 amide bonds. The van der Waals surface area contributed by atoms with Crippen molar-refractivity contribution in [1.82, 2.24) is 0 Å². The highest BCUT2D eigenvalue weighted by molar-refractivity contribution is 6.18. The Kier molecular flexibility index (Phi) is 6.14. The molecule has 0 bridgehead atoms. The fourth-order valence-corrected chi connectivity index (χ4v) is 1.54. The summed E-state index contributed by atoms with van der Waals surface area (Å²) in [7, 11) is 0. The molecule has 0 heterocycles. The molecular weight excluding hydrogens is 208 g/mol. The molecule has 82 valence electrons. The van der Waals surface area contributed by atoms with Crippen LogP contribution in [0.15, 0.2) is 43.0 Å². The van der Waals surface area contributed by atoms with Crippen LogP contribution in [0.1, 0.15) is 12.0 Å². The molecule has 1 rings (SSSR count). The molecule has 0 radical (unpaired) electrons. The topological polar surface area (TPSA) is 9.23 Å². The Morgan fingerprint density at radius 2 is 2.07 bits per heavy atom. The summed E-state index contributed by atoms with van der Waals surface area (Å²) in [6.45, 7) is 5.06. The molecule has 0 spiro atoms. The largest absolute Gasteiger partial charge is 0.376 e. The van der Waals surface area contributed by atoms with Crippen LogP contribution in [0.4, 0.5) is 0 Å². The predicted molar refractivity (Wildman–Crippen MR) is 65.1 cm³/mol. The summed E-state index contributed by atoms with van der Waals surface area (Å²) >= 11 is 5.80. The summed E-state index contributed by atoms with van der Waals surface area (Å²) in [5.41, 5.74) is 1.20. The molecule has 0 aromatic heterocycles. The molecule has 0 aliphatic rings. The van der Waals surface area contributed by atoms with Crippen molar-refractivity contribution in [2.75, 3.05) is 12.5 Å². The van der Waals surface area contributed by atoms with Gasteiger partial charge in [0.1, 0.15) is 0 Å². The van der Waals surface area contributed by atoms with Crippen molar-refractivity contribution < 1.29 is 4.74 Å². The van der Waals surface area contributed by atoms with Crippen LogP contribution in [0.3, 0.4) is 0 Å². The Balaban J connectivity index is 2.23. The zero-order valence-corrected chi connectivity index (χ0v) is 9.62. The van der Waals surface area contributed by atoms with Crippen LogP contribution in [-0.2, 0) is 11.3 Å². The van der Waals surface area contributed by atoms with Crippen molar-refractivity contribution in [2.45, 2.75) is 13.0 Å². The number of alkyl halides is 1. The van der Waals surface area contributed by atoms with E-state index in [0.29, 0.717) is 25.0 Å². The van der Waals surface area contributed by atoms with Crippen LogP contribution < -0.4 is 0 Å². The molecule has 0 fully saturated rings. The second kappa shape index (κ2) is 7.49. The first-order valence-electron chi connectivity index (χ1n) is 5.15. The van der Waals surface area contributed by atoms with Crippen LogP contribution >= 0.6 is 11.6 Å². The van der Waals surface area contributed by atoms with Crippen LogP contribution in [-0.4, -0.2) is 12.5 Å². The summed E-state index contributed by atoms with van der Waals surface area (Å²) in [4.78, 5) is 0. The van der Waals surface area contributed by atoms with E-state index >= 15 is 0 Å². The van der Waals surface area contributed by atoms with Crippen LogP contribution in [0.25, 0.3) is 0 Å². The summed E-state index contributed by atoms with van der Waals surface area (Å²) < 4.78 is 5.59. The number of halogens is 1. The van der Waals surface area contributed by atoms with Gasteiger partial charge in [0.15, 0.2) is 0 Å². The third kappa shape index (κ3) is 5.01. The molecule has 1 aromatic carbocycles. The van der Waals surface area contributed by atoms with Gasteiger partial charge in [0.05, 0.1) is 13.2 Å². The maximum atomic E-state index is 5.80. The molecule has 1 unspecified atom stereocenters. The molecule has 1 aromatic rings. The van der Waals surface area contributed by atoms with E-state index in [1.807, 2.05) is 24.3 Å². The van der Waals surface area contributed by atoms with Gasteiger partial charge >= 0.3 is 0 Å². The van der Waals surface area contributed by atoms with Crippen molar-refractivity contribution in [3.8, 4) is 0 Å². The first-order chi connectivity index (χ1) is 7.36. The van der Waals surface area contributed by atoms with E-state index in [0.717, 1.165) is 6.42 Å². The van der Waals surface area contributed by atoms with Gasteiger partial charge in [-0.2, -0.15) is 0 Å². The number of hydrogen-bond donors (Lipinski definition) is 0. The predicted octanol–water partition coefficient (Wildman–Crippen LogP) is 3.63. The minimum atomic E-state index is 0.382. The van der Waals surface area contributed by atoms with Crippen molar-refractivity contribution in [3.63, 3.8) is 0 Å². The fourth-order valence-electron chi connectivity index (χ4n) is 1.33. The molecule has 0 N–H and O–H groups in total. The molecule has 2 heteroatoms. The lowest BCUT2D eigenvalue weighted by molar-refractivity contribution is 0.0938. The van der Waals surface area contributed by atoms with Crippen molar-refractivity contribution in [1.29, 1.82) is 0 Å². The van der Waals surface area contributed by atoms with E-state index in [9.17, 15) is 0 Å². The molecule has 15 heavy (non-hydrogen) atoms. The van der Waals surface area contributed by atoms with Gasteiger partial charge in [0.25, 0.3) is 0 Å². The van der Waals surface area contributed by atoms with Gasteiger partial charge in [-0.1, -0.05) is 36.4 Å². The van der Waals surface area contributed by atoms with Crippen LogP contribution in [0.5, 0.6) is 0 Å². The van der Waals surface area contributed by atoms with E-state index in [1.54, 1.807) is 0 Å². The van der Waals surface area contributed by atoms with Crippen LogP contribution in [0, 0.1) is 5.92 Å². The maximum Gasteiger partial charge on any atom is 0.0717 e. The zero-order chi connectivity index (χ0) is 10.9. The Labute approximate surface area is 96.7 Å². The SMILES string of the molecule is C=CCC(CCl)COCc1ccccc1. The Morgan fingerprint density at radius 3 is 2.67 bits per heavy atom. The second-order valence-electron chi connectivity index (χ2n) is 3.55. The maximum absolute atomic E-state index is 5.80. The zero-order valence-electron chi connectivity index (χ0n) is 8.86. The second-order valence-corrected chi connectivity index (χ2v) is 3.85. The minimum absolute atomic E-state index is 0.382. The monoisotopic (exact) mass is 224 g/mol. The lowest BCUT2D eigenvalue weighted by atomic mass is 10.1. The Bertz CT molecular complexity index is 271. The smallest absolute Gasteiger partial charge is 0.0717 e. The van der Waals surface area contributed by atoms with E-state index in [4.69, 9.17) is 16.3 Å². The molecule has 0 saturated heterocycles. The molecule has 0 aliphatic carbocycles. The van der Waals surface area contributed by atoms with Crippen molar-refractivity contribution in [2.24, 2.45) is 5.92 Å². The van der Waals surface area contributed by atoms with Gasteiger partial charge in [-0.15, -0.1) is 18.2 Å². The van der Waals surface area contributed by atoms with E-state index < -0.39 is 0 Å². The average molecular weight is 225 g/mol. The molecular formula is C13H17ClO. The minimum Gasteiger partial charge on any atom is -0.376 e. The lowest BCUT2D eigenvalue weighted by Gasteiger charge is -2.11. The Hall–Kier alpha value is -0.790. The third-order valence-corrected chi connectivity index (χ3v) is 2.62. The molecule has 1 atom stereocenters. The first-order valence-corrected chi connectivity index (χ1v) is 5.68. The number of allylic oxidation sites excluding steroid dienone is 1. The number of benzene rings is 1. The highest BCUT2D eigenvalue weighted by Gasteiger charge is 2.05. The van der Waals surface area contributed by atoms with Crippen LogP contribution in [0.2, 0.25) is 0 Å². The fraction of sp³-hybridized carbons (Fsp3) is 0.385. The van der Waals surface area contributed by atoms with Gasteiger partial charge in [-0.05, 0) is 17.9 Å². The van der Waals surface area contributed by atoms with Crippen molar-refractivity contribution in [3.05, 3.63) is 48.6 Å². The summed E-state index contributed by atoms with van der Waals surface area (Å²) in [5, 5.41) is 0. The molecule has 1 nitrogen and oxygen atoms in total. The first kappa shape index (κ1) is 12.3. The quantitative estimate of drug-likeness (QED) is 0.508. The Morgan fingerprint density at radius 1 is 1.33 bits per heavy atom. The third-order valence-electron chi connectivity index (χ3n) is 2.18. The van der Waals surface area contributed by atoms with Gasteiger partial charge in [0, 0.05) is 5.88 Å². The highest BCUT2D eigenvalue weighted by Crippen LogP contribution is 2.08. The van der Waals surface area contributed by atoms with Gasteiger partial charge < -0.3 is 4.74 Å². The number of ether oxygens (including phenoxy) is 1. The number of hydrogen-bond acceptors (Lipinski definition) is 1. The summed E-state index contributed by atoms with van der Waals surface area (Å²) in [5.74, 6) is 1.01. The van der Waals surface area contributed by atoms with E-state index in [-0.39, 0.29) is 0 Å². The average Bonchev–Trinajstić information content (AvgIpc) is 2.29. The molecule has 0 saturated carbocycles. The molecule has 0 aliphatic heterocycles. The van der Waals surface area contributed by atoms with E-state index in [1.165, 1.54) is 5.56 Å². The van der Waals surface area contributed by atoms with Crippen molar-refractivity contribution >= 4 is 11.6 Å². The lowest BCUT2D eigenvalue weighted by Crippen LogP contribution is -2.10. The summed E-state index contributed by atoms with van der Waals surface area (Å²) in [6, 6.07) is 10.2. The van der Waals surface area contributed by atoms with E-state index in [2.05, 4.69) is 18.7 Å². The standard InChI is InChI=1S/C13H17ClO/c1-2-6-13(9-14)11-15-10-12-7-4-3-5-8-12/h2-5,7-8,13H,1,6,9-11H2. The van der Waals surface area contributed by atoms with Gasteiger partial charge in [0.2, 0.25) is 0 Å². The van der Waals surface area contributed by atoms with Gasteiger partial charge in [-0.25, -0.2) is 0 Å². The highest BCUT2D eigenvalue weighted by atomic mass is 35.5. The normalized spacial score (nSPS) is 12.3. The summed E-state index contributed by atoms with van der Waals surface area (Å²) in [6.07, 6.45) is 2.80. The number of rotatable bonds is 7. The van der Waals surface area contributed by atoms with Gasteiger partial charge in [-0.3, -0.25) is 0 Å².